The number of hydrogen-bond donors (Lipinski definition) is 3. The molecule has 0 spiro atoms. The van der Waals surface area contributed by atoms with Crippen LogP contribution in [-0.4, -0.2) is 38.0 Å². The first-order valence-corrected chi connectivity index (χ1v) is 5.56. The van der Waals surface area contributed by atoms with Crippen molar-refractivity contribution in [2.75, 3.05) is 38.6 Å². The predicted octanol–water partition coefficient (Wildman–Crippen LogP) is 0.410. The van der Waals surface area contributed by atoms with Gasteiger partial charge in [-0.1, -0.05) is 12.1 Å². The van der Waals surface area contributed by atoms with Gasteiger partial charge in [0.25, 0.3) is 0 Å². The second kappa shape index (κ2) is 8.10. The van der Waals surface area contributed by atoms with E-state index >= 15 is 0 Å². The fourth-order valence-corrected chi connectivity index (χ4v) is 1.35. The summed E-state index contributed by atoms with van der Waals surface area (Å²) in [7, 11) is 0. The van der Waals surface area contributed by atoms with Crippen LogP contribution in [0.15, 0.2) is 24.3 Å². The van der Waals surface area contributed by atoms with Crippen LogP contribution in [0.3, 0.4) is 0 Å². The Labute approximate surface area is 96.4 Å². The molecule has 0 aromatic heterocycles. The molecule has 0 aliphatic heterocycles. The number of nitrogens with one attached hydrogen (secondary N) is 1. The summed E-state index contributed by atoms with van der Waals surface area (Å²) in [5.74, 6) is 0. The molecule has 0 aliphatic carbocycles. The lowest BCUT2D eigenvalue weighted by Crippen LogP contribution is -2.22. The van der Waals surface area contributed by atoms with Crippen molar-refractivity contribution in [2.45, 2.75) is 6.42 Å². The van der Waals surface area contributed by atoms with Gasteiger partial charge in [0.05, 0.1) is 19.8 Å². The van der Waals surface area contributed by atoms with Gasteiger partial charge in [0.2, 0.25) is 0 Å². The highest BCUT2D eigenvalue weighted by Gasteiger charge is 1.93. The minimum absolute atomic E-state index is 0.0887. The molecule has 0 bridgehead atoms. The minimum atomic E-state index is 0.0887. The van der Waals surface area contributed by atoms with Crippen LogP contribution in [0.5, 0.6) is 0 Å². The van der Waals surface area contributed by atoms with E-state index in [4.69, 9.17) is 15.6 Å². The fourth-order valence-electron chi connectivity index (χ4n) is 1.35. The maximum Gasteiger partial charge on any atom is 0.0698 e. The van der Waals surface area contributed by atoms with E-state index in [2.05, 4.69) is 5.32 Å². The molecule has 0 heterocycles. The zero-order valence-corrected chi connectivity index (χ0v) is 9.48. The van der Waals surface area contributed by atoms with E-state index in [0.717, 1.165) is 25.2 Å². The lowest BCUT2D eigenvalue weighted by atomic mass is 10.1. The first-order valence-electron chi connectivity index (χ1n) is 5.56. The summed E-state index contributed by atoms with van der Waals surface area (Å²) >= 11 is 0. The van der Waals surface area contributed by atoms with Gasteiger partial charge in [-0.25, -0.2) is 0 Å². The Bertz CT molecular complexity index is 275. The number of ether oxygens (including phenoxy) is 1. The number of anilines is 1. The zero-order chi connectivity index (χ0) is 11.6. The molecule has 0 radical (unpaired) electrons. The molecule has 1 aromatic rings. The highest BCUT2D eigenvalue weighted by atomic mass is 16.5. The molecule has 0 aliphatic rings. The van der Waals surface area contributed by atoms with Crippen LogP contribution in [0.4, 0.5) is 5.69 Å². The lowest BCUT2D eigenvalue weighted by Gasteiger charge is -2.05. The number of nitrogen functional groups attached to an aromatic ring is 1. The average Bonchev–Trinajstić information content (AvgIpc) is 2.30. The molecular weight excluding hydrogens is 204 g/mol. The number of hydrogen-bond acceptors (Lipinski definition) is 4. The molecule has 0 saturated heterocycles. The third kappa shape index (κ3) is 5.70. The molecule has 4 heteroatoms. The molecule has 16 heavy (non-hydrogen) atoms. The summed E-state index contributed by atoms with van der Waals surface area (Å²) in [4.78, 5) is 0. The van der Waals surface area contributed by atoms with Crippen LogP contribution in [0.1, 0.15) is 5.56 Å². The van der Waals surface area contributed by atoms with E-state index in [1.165, 1.54) is 5.56 Å². The van der Waals surface area contributed by atoms with Gasteiger partial charge in [0.15, 0.2) is 0 Å². The fraction of sp³-hybridized carbons (Fsp3) is 0.500. The Kier molecular flexibility index (Phi) is 6.56. The van der Waals surface area contributed by atoms with Crippen molar-refractivity contribution in [3.05, 3.63) is 29.8 Å². The van der Waals surface area contributed by atoms with Gasteiger partial charge in [-0.15, -0.1) is 0 Å². The third-order valence-corrected chi connectivity index (χ3v) is 2.23. The Balaban J connectivity index is 2.01. The molecule has 0 saturated carbocycles. The smallest absolute Gasteiger partial charge is 0.0698 e. The maximum absolute atomic E-state index is 8.48. The number of aliphatic hydroxyl groups excluding tert-OH is 1. The molecule has 4 nitrogen and oxygen atoms in total. The summed E-state index contributed by atoms with van der Waals surface area (Å²) in [6.07, 6.45) is 0.986. The maximum atomic E-state index is 8.48. The van der Waals surface area contributed by atoms with Crippen LogP contribution in [0.25, 0.3) is 0 Å². The topological polar surface area (TPSA) is 67.5 Å². The second-order valence-electron chi connectivity index (χ2n) is 3.58. The lowest BCUT2D eigenvalue weighted by molar-refractivity contribution is 0.0940. The SMILES string of the molecule is Nc1ccc(CCNCCOCCO)cc1. The normalized spacial score (nSPS) is 10.6. The van der Waals surface area contributed by atoms with Gasteiger partial charge in [-0.2, -0.15) is 0 Å². The van der Waals surface area contributed by atoms with Crippen molar-refractivity contribution in [1.29, 1.82) is 0 Å². The van der Waals surface area contributed by atoms with Crippen molar-refractivity contribution in [3.8, 4) is 0 Å². The summed E-state index contributed by atoms with van der Waals surface area (Å²) < 4.78 is 5.12. The first-order chi connectivity index (χ1) is 7.83. The van der Waals surface area contributed by atoms with Crippen molar-refractivity contribution in [3.63, 3.8) is 0 Å². The van der Waals surface area contributed by atoms with Crippen molar-refractivity contribution >= 4 is 5.69 Å². The van der Waals surface area contributed by atoms with Crippen LogP contribution in [0.2, 0.25) is 0 Å². The molecule has 90 valence electrons. The highest BCUT2D eigenvalue weighted by molar-refractivity contribution is 5.39. The third-order valence-electron chi connectivity index (χ3n) is 2.23. The van der Waals surface area contributed by atoms with E-state index < -0.39 is 0 Å². The quantitative estimate of drug-likeness (QED) is 0.442. The Morgan fingerprint density at radius 3 is 2.56 bits per heavy atom. The van der Waals surface area contributed by atoms with Crippen molar-refractivity contribution < 1.29 is 9.84 Å². The van der Waals surface area contributed by atoms with Gasteiger partial charge in [-0.05, 0) is 30.7 Å². The second-order valence-corrected chi connectivity index (χ2v) is 3.58. The van der Waals surface area contributed by atoms with Gasteiger partial charge < -0.3 is 20.9 Å². The Hall–Kier alpha value is -1.10. The number of aliphatic hydroxyl groups is 1. The van der Waals surface area contributed by atoms with E-state index in [9.17, 15) is 0 Å². The van der Waals surface area contributed by atoms with Crippen LogP contribution >= 0.6 is 0 Å². The van der Waals surface area contributed by atoms with E-state index in [1.807, 2.05) is 24.3 Å². The van der Waals surface area contributed by atoms with Crippen LogP contribution in [-0.2, 0) is 11.2 Å². The average molecular weight is 224 g/mol. The van der Waals surface area contributed by atoms with E-state index in [1.54, 1.807) is 0 Å². The molecular formula is C12H20N2O2. The number of nitrogens with two attached hydrogens (primary N) is 1. The molecule has 1 aromatic carbocycles. The molecule has 1 rings (SSSR count). The predicted molar refractivity (Wildman–Crippen MR) is 65.3 cm³/mol. The van der Waals surface area contributed by atoms with Crippen molar-refractivity contribution in [2.24, 2.45) is 0 Å². The van der Waals surface area contributed by atoms with Gasteiger partial charge in [0, 0.05) is 12.2 Å². The standard InChI is InChI=1S/C12H20N2O2/c13-12-3-1-11(2-4-12)5-6-14-7-9-16-10-8-15/h1-4,14-15H,5-10,13H2. The largest absolute Gasteiger partial charge is 0.399 e. The van der Waals surface area contributed by atoms with Gasteiger partial charge >= 0.3 is 0 Å². The highest BCUT2D eigenvalue weighted by Crippen LogP contribution is 2.05. The summed E-state index contributed by atoms with van der Waals surface area (Å²) in [5.41, 5.74) is 7.67. The number of rotatable bonds is 8. The van der Waals surface area contributed by atoms with Crippen LogP contribution in [0, 0.1) is 0 Å². The Morgan fingerprint density at radius 2 is 1.88 bits per heavy atom. The summed E-state index contributed by atoms with van der Waals surface area (Å²) in [5, 5.41) is 11.8. The minimum Gasteiger partial charge on any atom is -0.399 e. The van der Waals surface area contributed by atoms with Crippen LogP contribution < -0.4 is 11.1 Å². The first kappa shape index (κ1) is 13.0. The zero-order valence-electron chi connectivity index (χ0n) is 9.48. The molecule has 0 atom stereocenters. The van der Waals surface area contributed by atoms with Gasteiger partial charge in [-0.3, -0.25) is 0 Å². The molecule has 4 N–H and O–H groups in total. The number of benzene rings is 1. The molecule has 0 fully saturated rings. The molecule has 0 unspecified atom stereocenters. The van der Waals surface area contributed by atoms with Gasteiger partial charge in [0.1, 0.15) is 0 Å². The molecule has 0 amide bonds. The van der Waals surface area contributed by atoms with E-state index in [0.29, 0.717) is 13.2 Å². The summed E-state index contributed by atoms with van der Waals surface area (Å²) in [6, 6.07) is 7.91. The monoisotopic (exact) mass is 224 g/mol. The van der Waals surface area contributed by atoms with Crippen molar-refractivity contribution in [1.82, 2.24) is 5.32 Å². The van der Waals surface area contributed by atoms with E-state index in [-0.39, 0.29) is 6.61 Å². The summed E-state index contributed by atoms with van der Waals surface area (Å²) in [6.45, 7) is 2.88. The Morgan fingerprint density at radius 1 is 1.12 bits per heavy atom.